The van der Waals surface area contributed by atoms with Gasteiger partial charge in [-0.1, -0.05) is 0 Å². The molecule has 0 aliphatic heterocycles. The van der Waals surface area contributed by atoms with Crippen molar-refractivity contribution in [3.8, 4) is 11.5 Å². The Hall–Kier alpha value is -2.44. The zero-order valence-corrected chi connectivity index (χ0v) is 11.6. The van der Waals surface area contributed by atoms with Gasteiger partial charge in [0.1, 0.15) is 17.1 Å². The summed E-state index contributed by atoms with van der Waals surface area (Å²) >= 11 is 0. The molecule has 1 rings (SSSR count). The average molecular weight is 283 g/mol. The molecule has 0 aromatic heterocycles. The monoisotopic (exact) mass is 283 g/mol. The van der Waals surface area contributed by atoms with Gasteiger partial charge in [-0.2, -0.15) is 0 Å². The summed E-state index contributed by atoms with van der Waals surface area (Å²) in [5.41, 5.74) is 6.12. The third kappa shape index (κ3) is 3.78. The van der Waals surface area contributed by atoms with Gasteiger partial charge in [-0.05, 0) is 13.0 Å². The minimum absolute atomic E-state index is 0.177. The van der Waals surface area contributed by atoms with E-state index in [9.17, 15) is 9.59 Å². The highest BCUT2D eigenvalue weighted by atomic mass is 16.6. The topological polar surface area (TPSA) is 97.1 Å². The third-order valence-electron chi connectivity index (χ3n) is 2.39. The lowest BCUT2D eigenvalue weighted by molar-refractivity contribution is -0.145. The fourth-order valence-corrected chi connectivity index (χ4v) is 1.48. The molecule has 0 saturated carbocycles. The second kappa shape index (κ2) is 7.22. The number of hydrogen-bond donors (Lipinski definition) is 1. The minimum atomic E-state index is -0.578. The lowest BCUT2D eigenvalue weighted by Gasteiger charge is -2.12. The van der Waals surface area contributed by atoms with Crippen LogP contribution in [0, 0.1) is 0 Å². The Kier molecular flexibility index (Phi) is 5.64. The van der Waals surface area contributed by atoms with Gasteiger partial charge in [-0.25, -0.2) is 9.59 Å². The van der Waals surface area contributed by atoms with Crippen molar-refractivity contribution in [2.24, 2.45) is 0 Å². The molecule has 0 aliphatic carbocycles. The number of rotatable bonds is 6. The van der Waals surface area contributed by atoms with Gasteiger partial charge in [0.25, 0.3) is 0 Å². The summed E-state index contributed by atoms with van der Waals surface area (Å²) in [4.78, 5) is 22.7. The maximum atomic E-state index is 11.5. The highest BCUT2D eigenvalue weighted by Gasteiger charge is 2.17. The number of carbonyl (C=O) groups excluding carboxylic acids is 2. The number of esters is 2. The minimum Gasteiger partial charge on any atom is -0.496 e. The predicted octanol–water partition coefficient (Wildman–Crippen LogP) is 1.01. The number of methoxy groups -OCH3 is 2. The largest absolute Gasteiger partial charge is 0.496 e. The Morgan fingerprint density at radius 3 is 2.45 bits per heavy atom. The molecule has 0 unspecified atom stereocenters. The Bertz CT molecular complexity index is 500. The van der Waals surface area contributed by atoms with Crippen molar-refractivity contribution in [3.63, 3.8) is 0 Å². The summed E-state index contributed by atoms with van der Waals surface area (Å²) in [6.45, 7) is 1.68. The van der Waals surface area contributed by atoms with Crippen LogP contribution in [0.4, 0.5) is 5.69 Å². The molecule has 20 heavy (non-hydrogen) atoms. The highest BCUT2D eigenvalue weighted by molar-refractivity contribution is 5.94. The molecule has 1 aromatic carbocycles. The van der Waals surface area contributed by atoms with Crippen LogP contribution in [-0.4, -0.2) is 39.4 Å². The fourth-order valence-electron chi connectivity index (χ4n) is 1.48. The Labute approximate surface area is 116 Å². The van der Waals surface area contributed by atoms with E-state index in [0.717, 1.165) is 0 Å². The molecule has 110 valence electrons. The first-order valence-electron chi connectivity index (χ1n) is 5.87. The molecule has 0 spiro atoms. The summed E-state index contributed by atoms with van der Waals surface area (Å²) in [5.74, 6) is -0.624. The van der Waals surface area contributed by atoms with E-state index >= 15 is 0 Å². The molecule has 7 nitrogen and oxygen atoms in total. The van der Waals surface area contributed by atoms with E-state index < -0.39 is 11.9 Å². The first-order valence-corrected chi connectivity index (χ1v) is 5.87. The van der Waals surface area contributed by atoms with Crippen molar-refractivity contribution in [2.45, 2.75) is 6.92 Å². The van der Waals surface area contributed by atoms with Gasteiger partial charge in [0.05, 0.1) is 26.5 Å². The average Bonchev–Trinajstić information content (AvgIpc) is 2.45. The zero-order chi connectivity index (χ0) is 15.1. The van der Waals surface area contributed by atoms with E-state index in [2.05, 4.69) is 4.74 Å². The van der Waals surface area contributed by atoms with Crippen molar-refractivity contribution in [1.29, 1.82) is 0 Å². The molecule has 0 heterocycles. The molecule has 0 atom stereocenters. The SMILES string of the molecule is CCOC(=O)COc1cc(OC)c(C(=O)OC)cc1N. The van der Waals surface area contributed by atoms with Crippen molar-refractivity contribution in [1.82, 2.24) is 0 Å². The normalized spacial score (nSPS) is 9.75. The van der Waals surface area contributed by atoms with Crippen LogP contribution >= 0.6 is 0 Å². The molecule has 0 saturated heterocycles. The zero-order valence-electron chi connectivity index (χ0n) is 11.6. The number of benzene rings is 1. The number of anilines is 1. The predicted molar refractivity (Wildman–Crippen MR) is 70.9 cm³/mol. The molecule has 7 heteroatoms. The van der Waals surface area contributed by atoms with Crippen LogP contribution in [0.1, 0.15) is 17.3 Å². The van der Waals surface area contributed by atoms with Crippen LogP contribution < -0.4 is 15.2 Å². The number of ether oxygens (including phenoxy) is 4. The smallest absolute Gasteiger partial charge is 0.344 e. The molecule has 2 N–H and O–H groups in total. The van der Waals surface area contributed by atoms with Gasteiger partial charge in [-0.3, -0.25) is 0 Å². The Balaban J connectivity index is 2.93. The molecular formula is C13H17NO6. The Morgan fingerprint density at radius 2 is 1.90 bits per heavy atom. The Morgan fingerprint density at radius 1 is 1.20 bits per heavy atom. The van der Waals surface area contributed by atoms with Gasteiger partial charge < -0.3 is 24.7 Å². The second-order valence-corrected chi connectivity index (χ2v) is 3.68. The highest BCUT2D eigenvalue weighted by Crippen LogP contribution is 2.31. The van der Waals surface area contributed by atoms with Gasteiger partial charge >= 0.3 is 11.9 Å². The third-order valence-corrected chi connectivity index (χ3v) is 2.39. The maximum Gasteiger partial charge on any atom is 0.344 e. The fraction of sp³-hybridized carbons (Fsp3) is 0.385. The van der Waals surface area contributed by atoms with Gasteiger partial charge in [0, 0.05) is 6.07 Å². The van der Waals surface area contributed by atoms with Crippen molar-refractivity contribution in [2.75, 3.05) is 33.2 Å². The number of nitrogen functional groups attached to an aromatic ring is 1. The van der Waals surface area contributed by atoms with E-state index in [-0.39, 0.29) is 36.0 Å². The van der Waals surface area contributed by atoms with Gasteiger partial charge in [-0.15, -0.1) is 0 Å². The summed E-state index contributed by atoms with van der Waals surface area (Å²) in [6.07, 6.45) is 0. The van der Waals surface area contributed by atoms with Crippen LogP contribution in [0.3, 0.4) is 0 Å². The summed E-state index contributed by atoms with van der Waals surface area (Å²) in [5, 5.41) is 0. The molecule has 0 fully saturated rings. The van der Waals surface area contributed by atoms with Crippen LogP contribution in [0.2, 0.25) is 0 Å². The number of hydrogen-bond acceptors (Lipinski definition) is 7. The van der Waals surface area contributed by atoms with E-state index in [1.165, 1.54) is 26.4 Å². The number of nitrogens with two attached hydrogens (primary N) is 1. The first-order chi connectivity index (χ1) is 9.53. The van der Waals surface area contributed by atoms with Crippen LogP contribution in [0.25, 0.3) is 0 Å². The van der Waals surface area contributed by atoms with E-state index in [0.29, 0.717) is 0 Å². The lowest BCUT2D eigenvalue weighted by atomic mass is 10.1. The van der Waals surface area contributed by atoms with Crippen LogP contribution in [0.5, 0.6) is 11.5 Å². The van der Waals surface area contributed by atoms with E-state index in [1.807, 2.05) is 0 Å². The molecule has 0 radical (unpaired) electrons. The molecule has 0 amide bonds. The first kappa shape index (κ1) is 15.6. The standard InChI is InChI=1S/C13H17NO6/c1-4-19-12(15)7-20-11-6-10(17-2)8(5-9(11)14)13(16)18-3/h5-6H,4,7,14H2,1-3H3. The quantitative estimate of drug-likeness (QED) is 0.614. The lowest BCUT2D eigenvalue weighted by Crippen LogP contribution is -2.15. The van der Waals surface area contributed by atoms with E-state index in [4.69, 9.17) is 19.9 Å². The van der Waals surface area contributed by atoms with Crippen molar-refractivity contribution < 1.29 is 28.5 Å². The maximum absolute atomic E-state index is 11.5. The summed E-state index contributed by atoms with van der Waals surface area (Å²) < 4.78 is 19.6. The molecule has 0 aliphatic rings. The summed E-state index contributed by atoms with van der Waals surface area (Å²) in [7, 11) is 2.65. The molecular weight excluding hydrogens is 266 g/mol. The van der Waals surface area contributed by atoms with Crippen molar-refractivity contribution in [3.05, 3.63) is 17.7 Å². The second-order valence-electron chi connectivity index (χ2n) is 3.68. The van der Waals surface area contributed by atoms with Crippen molar-refractivity contribution >= 4 is 17.6 Å². The molecule has 0 bridgehead atoms. The van der Waals surface area contributed by atoms with Gasteiger partial charge in [0.15, 0.2) is 6.61 Å². The summed E-state index contributed by atoms with van der Waals surface area (Å²) in [6, 6.07) is 2.78. The molecule has 1 aromatic rings. The van der Waals surface area contributed by atoms with Crippen LogP contribution in [0.15, 0.2) is 12.1 Å². The van der Waals surface area contributed by atoms with Crippen LogP contribution in [-0.2, 0) is 14.3 Å². The van der Waals surface area contributed by atoms with Gasteiger partial charge in [0.2, 0.25) is 0 Å². The number of carbonyl (C=O) groups is 2. The van der Waals surface area contributed by atoms with E-state index in [1.54, 1.807) is 6.92 Å².